The van der Waals surface area contributed by atoms with Crippen LogP contribution in [0.3, 0.4) is 0 Å². The van der Waals surface area contributed by atoms with E-state index in [1.807, 2.05) is 6.07 Å². The number of rotatable bonds is 4. The van der Waals surface area contributed by atoms with E-state index in [2.05, 4.69) is 10.3 Å². The summed E-state index contributed by atoms with van der Waals surface area (Å²) in [7, 11) is 0. The SMILES string of the molecule is NC(=S)c1cc(NCc2cccc(F)c2)ccn1. The molecule has 0 bridgehead atoms. The van der Waals surface area contributed by atoms with Crippen molar-refractivity contribution in [3.05, 3.63) is 59.7 Å². The summed E-state index contributed by atoms with van der Waals surface area (Å²) in [5.41, 5.74) is 7.77. The fourth-order valence-electron chi connectivity index (χ4n) is 1.53. The third-order valence-electron chi connectivity index (χ3n) is 2.40. The molecule has 3 nitrogen and oxygen atoms in total. The van der Waals surface area contributed by atoms with Gasteiger partial charge in [0.15, 0.2) is 0 Å². The molecule has 2 aromatic rings. The minimum absolute atomic E-state index is 0.243. The molecule has 0 aliphatic carbocycles. The second-order valence-electron chi connectivity index (χ2n) is 3.78. The molecule has 1 aromatic carbocycles. The van der Waals surface area contributed by atoms with Crippen molar-refractivity contribution in [2.45, 2.75) is 6.54 Å². The fraction of sp³-hybridized carbons (Fsp3) is 0.0769. The van der Waals surface area contributed by atoms with E-state index in [0.29, 0.717) is 12.2 Å². The van der Waals surface area contributed by atoms with Crippen LogP contribution < -0.4 is 11.1 Å². The van der Waals surface area contributed by atoms with E-state index in [4.69, 9.17) is 18.0 Å². The fourth-order valence-corrected chi connectivity index (χ4v) is 1.64. The maximum atomic E-state index is 13.0. The summed E-state index contributed by atoms with van der Waals surface area (Å²) in [5.74, 6) is -0.243. The Hall–Kier alpha value is -2.01. The molecule has 2 rings (SSSR count). The van der Waals surface area contributed by atoms with Gasteiger partial charge < -0.3 is 11.1 Å². The van der Waals surface area contributed by atoms with Gasteiger partial charge in [0.1, 0.15) is 10.8 Å². The second kappa shape index (κ2) is 5.55. The first kappa shape index (κ1) is 12.4. The van der Waals surface area contributed by atoms with Gasteiger partial charge in [-0.2, -0.15) is 0 Å². The summed E-state index contributed by atoms with van der Waals surface area (Å²) in [4.78, 5) is 4.30. The molecule has 92 valence electrons. The van der Waals surface area contributed by atoms with Gasteiger partial charge in [0.25, 0.3) is 0 Å². The molecule has 1 aromatic heterocycles. The zero-order chi connectivity index (χ0) is 13.0. The lowest BCUT2D eigenvalue weighted by Gasteiger charge is -2.07. The number of hydrogen-bond donors (Lipinski definition) is 2. The molecule has 3 N–H and O–H groups in total. The molecule has 5 heteroatoms. The molecule has 0 spiro atoms. The number of anilines is 1. The minimum Gasteiger partial charge on any atom is -0.388 e. The number of benzene rings is 1. The van der Waals surface area contributed by atoms with Crippen molar-refractivity contribution in [2.75, 3.05) is 5.32 Å². The van der Waals surface area contributed by atoms with Crippen LogP contribution in [0.2, 0.25) is 0 Å². The van der Waals surface area contributed by atoms with E-state index >= 15 is 0 Å². The number of nitrogens with one attached hydrogen (secondary N) is 1. The van der Waals surface area contributed by atoms with Crippen molar-refractivity contribution in [3.8, 4) is 0 Å². The Labute approximate surface area is 110 Å². The van der Waals surface area contributed by atoms with Gasteiger partial charge in [-0.1, -0.05) is 24.4 Å². The summed E-state index contributed by atoms with van der Waals surface area (Å²) in [5, 5.41) is 3.16. The van der Waals surface area contributed by atoms with Crippen LogP contribution >= 0.6 is 12.2 Å². The highest BCUT2D eigenvalue weighted by molar-refractivity contribution is 7.80. The Kier molecular flexibility index (Phi) is 3.84. The van der Waals surface area contributed by atoms with E-state index < -0.39 is 0 Å². The van der Waals surface area contributed by atoms with Gasteiger partial charge in [0.2, 0.25) is 0 Å². The first-order chi connectivity index (χ1) is 8.65. The molecule has 0 atom stereocenters. The van der Waals surface area contributed by atoms with E-state index in [-0.39, 0.29) is 10.8 Å². The van der Waals surface area contributed by atoms with Gasteiger partial charge in [-0.3, -0.25) is 4.98 Å². The van der Waals surface area contributed by atoms with Crippen molar-refractivity contribution in [3.63, 3.8) is 0 Å². The van der Waals surface area contributed by atoms with E-state index in [0.717, 1.165) is 11.3 Å². The number of thiocarbonyl (C=S) groups is 1. The molecule has 0 fully saturated rings. The van der Waals surface area contributed by atoms with Crippen LogP contribution in [0.15, 0.2) is 42.6 Å². The summed E-state index contributed by atoms with van der Waals surface area (Å²) < 4.78 is 13.0. The van der Waals surface area contributed by atoms with Crippen molar-refractivity contribution in [1.29, 1.82) is 0 Å². The lowest BCUT2D eigenvalue weighted by atomic mass is 10.2. The predicted molar refractivity (Wildman–Crippen MR) is 73.9 cm³/mol. The highest BCUT2D eigenvalue weighted by atomic mass is 32.1. The summed E-state index contributed by atoms with van der Waals surface area (Å²) in [6.45, 7) is 0.526. The third kappa shape index (κ3) is 3.24. The molecule has 0 unspecified atom stereocenters. The van der Waals surface area contributed by atoms with Crippen molar-refractivity contribution in [2.24, 2.45) is 5.73 Å². The average molecular weight is 261 g/mol. The van der Waals surface area contributed by atoms with E-state index in [1.165, 1.54) is 12.1 Å². The van der Waals surface area contributed by atoms with E-state index in [9.17, 15) is 4.39 Å². The largest absolute Gasteiger partial charge is 0.388 e. The van der Waals surface area contributed by atoms with Gasteiger partial charge >= 0.3 is 0 Å². The van der Waals surface area contributed by atoms with Crippen LogP contribution in [0.4, 0.5) is 10.1 Å². The van der Waals surface area contributed by atoms with Crippen LogP contribution in [0.5, 0.6) is 0 Å². The van der Waals surface area contributed by atoms with Crippen molar-refractivity contribution >= 4 is 22.9 Å². The number of aromatic nitrogens is 1. The molecule has 0 saturated heterocycles. The van der Waals surface area contributed by atoms with Gasteiger partial charge in [0.05, 0.1) is 5.69 Å². The molecular formula is C13H12FN3S. The number of nitrogens with zero attached hydrogens (tertiary/aromatic N) is 1. The number of halogens is 1. The molecular weight excluding hydrogens is 249 g/mol. The molecule has 0 radical (unpaired) electrons. The Morgan fingerprint density at radius 2 is 2.17 bits per heavy atom. The van der Waals surface area contributed by atoms with Gasteiger partial charge in [-0.15, -0.1) is 0 Å². The van der Waals surface area contributed by atoms with Crippen LogP contribution in [0.1, 0.15) is 11.3 Å². The van der Waals surface area contributed by atoms with Crippen LogP contribution in [-0.2, 0) is 6.54 Å². The maximum absolute atomic E-state index is 13.0. The Bertz CT molecular complexity index is 572. The summed E-state index contributed by atoms with van der Waals surface area (Å²) >= 11 is 4.85. The van der Waals surface area contributed by atoms with Crippen LogP contribution in [0.25, 0.3) is 0 Å². The van der Waals surface area contributed by atoms with Crippen LogP contribution in [0, 0.1) is 5.82 Å². The Morgan fingerprint density at radius 1 is 1.33 bits per heavy atom. The first-order valence-electron chi connectivity index (χ1n) is 5.39. The van der Waals surface area contributed by atoms with Gasteiger partial charge in [-0.05, 0) is 29.8 Å². The van der Waals surface area contributed by atoms with Crippen LogP contribution in [-0.4, -0.2) is 9.97 Å². The number of nitrogens with two attached hydrogens (primary N) is 1. The molecule has 0 amide bonds. The summed E-state index contributed by atoms with van der Waals surface area (Å²) in [6.07, 6.45) is 1.63. The molecule has 1 heterocycles. The average Bonchev–Trinajstić information content (AvgIpc) is 2.37. The predicted octanol–water partition coefficient (Wildman–Crippen LogP) is 2.47. The third-order valence-corrected chi connectivity index (χ3v) is 2.61. The summed E-state index contributed by atoms with van der Waals surface area (Å²) in [6, 6.07) is 10.0. The van der Waals surface area contributed by atoms with E-state index in [1.54, 1.807) is 24.4 Å². The minimum atomic E-state index is -0.243. The molecule has 0 aliphatic rings. The maximum Gasteiger partial charge on any atom is 0.123 e. The quantitative estimate of drug-likeness (QED) is 0.830. The Balaban J connectivity index is 2.06. The number of hydrogen-bond acceptors (Lipinski definition) is 3. The zero-order valence-electron chi connectivity index (χ0n) is 9.56. The normalized spacial score (nSPS) is 10.1. The second-order valence-corrected chi connectivity index (χ2v) is 4.22. The highest BCUT2D eigenvalue weighted by Crippen LogP contribution is 2.11. The molecule has 0 aliphatic heterocycles. The lowest BCUT2D eigenvalue weighted by Crippen LogP contribution is -2.12. The number of pyridine rings is 1. The zero-order valence-corrected chi connectivity index (χ0v) is 10.4. The monoisotopic (exact) mass is 261 g/mol. The highest BCUT2D eigenvalue weighted by Gasteiger charge is 2.00. The Morgan fingerprint density at radius 3 is 2.89 bits per heavy atom. The van der Waals surface area contributed by atoms with Gasteiger partial charge in [-0.25, -0.2) is 4.39 Å². The molecule has 0 saturated carbocycles. The van der Waals surface area contributed by atoms with Gasteiger partial charge in [0, 0.05) is 18.4 Å². The van der Waals surface area contributed by atoms with Crippen molar-refractivity contribution < 1.29 is 4.39 Å². The topological polar surface area (TPSA) is 50.9 Å². The smallest absolute Gasteiger partial charge is 0.123 e. The van der Waals surface area contributed by atoms with Crippen molar-refractivity contribution in [1.82, 2.24) is 4.98 Å². The molecule has 18 heavy (non-hydrogen) atoms. The first-order valence-corrected chi connectivity index (χ1v) is 5.80. The standard InChI is InChI=1S/C13H12FN3S/c14-10-3-1-2-9(6-10)8-17-11-4-5-16-12(7-11)13(15)18/h1-7H,8H2,(H2,15,18)(H,16,17). The lowest BCUT2D eigenvalue weighted by molar-refractivity contribution is 0.626.